The fourth-order valence-electron chi connectivity index (χ4n) is 2.09. The molecule has 2 rings (SSSR count). The maximum absolute atomic E-state index is 6.11. The van der Waals surface area contributed by atoms with Crippen LogP contribution in [0.15, 0.2) is 61.2 Å². The molecule has 3 heteroatoms. The van der Waals surface area contributed by atoms with Crippen LogP contribution >= 0.6 is 0 Å². The standard InChI is InChI=1S/C18H21NO2/c1-3-7-16(19)15-10-11-17(20-2)18(12-15)21-13-14-8-5-4-6-9-14/h3-6,8-12,16H,1,7,13,19H2,2H3/t16-/m0/s1. The van der Waals surface area contributed by atoms with E-state index in [-0.39, 0.29) is 6.04 Å². The molecule has 0 saturated carbocycles. The highest BCUT2D eigenvalue weighted by molar-refractivity contribution is 5.44. The molecule has 0 aliphatic carbocycles. The summed E-state index contributed by atoms with van der Waals surface area (Å²) in [6.45, 7) is 4.22. The summed E-state index contributed by atoms with van der Waals surface area (Å²) < 4.78 is 11.2. The zero-order valence-corrected chi connectivity index (χ0v) is 12.3. The van der Waals surface area contributed by atoms with E-state index in [1.807, 2.05) is 54.6 Å². The van der Waals surface area contributed by atoms with Gasteiger partial charge in [-0.25, -0.2) is 0 Å². The summed E-state index contributed by atoms with van der Waals surface area (Å²) in [5.74, 6) is 1.42. The number of methoxy groups -OCH3 is 1. The van der Waals surface area contributed by atoms with E-state index in [0.29, 0.717) is 18.1 Å². The summed E-state index contributed by atoms with van der Waals surface area (Å²) in [6.07, 6.45) is 2.55. The van der Waals surface area contributed by atoms with Gasteiger partial charge in [0.1, 0.15) is 6.61 Å². The maximum Gasteiger partial charge on any atom is 0.161 e. The van der Waals surface area contributed by atoms with Crippen molar-refractivity contribution in [3.05, 3.63) is 72.3 Å². The molecule has 2 aromatic carbocycles. The summed E-state index contributed by atoms with van der Waals surface area (Å²) in [5, 5.41) is 0. The molecule has 0 radical (unpaired) electrons. The number of rotatable bonds is 7. The summed E-state index contributed by atoms with van der Waals surface area (Å²) in [5.41, 5.74) is 8.23. The molecular weight excluding hydrogens is 262 g/mol. The number of hydrogen-bond donors (Lipinski definition) is 1. The molecule has 21 heavy (non-hydrogen) atoms. The van der Waals surface area contributed by atoms with E-state index in [0.717, 1.165) is 17.5 Å². The molecule has 0 heterocycles. The lowest BCUT2D eigenvalue weighted by atomic mass is 10.0. The molecule has 1 atom stereocenters. The molecule has 0 amide bonds. The first kappa shape index (κ1) is 15.1. The highest BCUT2D eigenvalue weighted by Gasteiger charge is 2.10. The van der Waals surface area contributed by atoms with Crippen LogP contribution in [0.1, 0.15) is 23.6 Å². The number of nitrogens with two attached hydrogens (primary N) is 1. The van der Waals surface area contributed by atoms with Crippen molar-refractivity contribution in [1.82, 2.24) is 0 Å². The van der Waals surface area contributed by atoms with Gasteiger partial charge < -0.3 is 15.2 Å². The summed E-state index contributed by atoms with van der Waals surface area (Å²) in [4.78, 5) is 0. The predicted octanol–water partition coefficient (Wildman–Crippen LogP) is 3.85. The van der Waals surface area contributed by atoms with Crippen molar-refractivity contribution in [1.29, 1.82) is 0 Å². The Morgan fingerprint density at radius 2 is 1.90 bits per heavy atom. The van der Waals surface area contributed by atoms with Crippen molar-refractivity contribution in [3.8, 4) is 11.5 Å². The van der Waals surface area contributed by atoms with Crippen molar-refractivity contribution in [2.24, 2.45) is 5.73 Å². The van der Waals surface area contributed by atoms with Crippen LogP contribution in [0, 0.1) is 0 Å². The van der Waals surface area contributed by atoms with Crippen molar-refractivity contribution >= 4 is 0 Å². The van der Waals surface area contributed by atoms with E-state index in [1.165, 1.54) is 0 Å². The van der Waals surface area contributed by atoms with Crippen LogP contribution in [0.4, 0.5) is 0 Å². The average molecular weight is 283 g/mol. The highest BCUT2D eigenvalue weighted by Crippen LogP contribution is 2.31. The topological polar surface area (TPSA) is 44.5 Å². The van der Waals surface area contributed by atoms with Crippen molar-refractivity contribution in [3.63, 3.8) is 0 Å². The van der Waals surface area contributed by atoms with E-state index in [2.05, 4.69) is 6.58 Å². The largest absolute Gasteiger partial charge is 0.493 e. The average Bonchev–Trinajstić information content (AvgIpc) is 2.54. The zero-order valence-electron chi connectivity index (χ0n) is 12.3. The smallest absolute Gasteiger partial charge is 0.161 e. The fourth-order valence-corrected chi connectivity index (χ4v) is 2.09. The first-order valence-electron chi connectivity index (χ1n) is 6.95. The molecule has 2 aromatic rings. The van der Waals surface area contributed by atoms with E-state index in [1.54, 1.807) is 7.11 Å². The van der Waals surface area contributed by atoms with Gasteiger partial charge in [0, 0.05) is 6.04 Å². The molecule has 3 nitrogen and oxygen atoms in total. The Balaban J connectivity index is 2.15. The molecule has 0 aromatic heterocycles. The van der Waals surface area contributed by atoms with Crippen molar-refractivity contribution in [2.75, 3.05) is 7.11 Å². The second-order valence-electron chi connectivity index (χ2n) is 4.82. The van der Waals surface area contributed by atoms with Gasteiger partial charge in [-0.1, -0.05) is 42.5 Å². The Labute approximate surface area is 126 Å². The maximum atomic E-state index is 6.11. The second kappa shape index (κ2) is 7.50. The van der Waals surface area contributed by atoms with Gasteiger partial charge in [0.25, 0.3) is 0 Å². The van der Waals surface area contributed by atoms with E-state index in [4.69, 9.17) is 15.2 Å². The molecule has 0 aliphatic rings. The molecule has 0 saturated heterocycles. The lowest BCUT2D eigenvalue weighted by Gasteiger charge is -2.15. The Morgan fingerprint density at radius 3 is 2.57 bits per heavy atom. The first-order chi connectivity index (χ1) is 10.2. The third-order valence-electron chi connectivity index (χ3n) is 3.27. The van der Waals surface area contributed by atoms with Crippen molar-refractivity contribution < 1.29 is 9.47 Å². The third kappa shape index (κ3) is 4.10. The Morgan fingerprint density at radius 1 is 1.14 bits per heavy atom. The molecule has 0 bridgehead atoms. The number of hydrogen-bond acceptors (Lipinski definition) is 3. The molecule has 0 spiro atoms. The van der Waals surface area contributed by atoms with Gasteiger partial charge in [0.2, 0.25) is 0 Å². The van der Waals surface area contributed by atoms with Gasteiger partial charge in [-0.2, -0.15) is 0 Å². The molecule has 2 N–H and O–H groups in total. The van der Waals surface area contributed by atoms with Crippen LogP contribution in [-0.2, 0) is 6.61 Å². The van der Waals surface area contributed by atoms with Crippen LogP contribution in [0.5, 0.6) is 11.5 Å². The van der Waals surface area contributed by atoms with E-state index < -0.39 is 0 Å². The van der Waals surface area contributed by atoms with Gasteiger partial charge in [-0.3, -0.25) is 0 Å². The first-order valence-corrected chi connectivity index (χ1v) is 6.95. The van der Waals surface area contributed by atoms with Gasteiger partial charge >= 0.3 is 0 Å². The monoisotopic (exact) mass is 283 g/mol. The SMILES string of the molecule is C=CC[C@H](N)c1ccc(OC)c(OCc2ccccc2)c1. The van der Waals surface area contributed by atoms with Gasteiger partial charge in [0.15, 0.2) is 11.5 Å². The highest BCUT2D eigenvalue weighted by atomic mass is 16.5. The zero-order chi connectivity index (χ0) is 15.1. The van der Waals surface area contributed by atoms with Gasteiger partial charge in [-0.05, 0) is 29.7 Å². The molecular formula is C18H21NO2. The van der Waals surface area contributed by atoms with Crippen LogP contribution in [0.2, 0.25) is 0 Å². The summed E-state index contributed by atoms with van der Waals surface area (Å²) >= 11 is 0. The minimum Gasteiger partial charge on any atom is -0.493 e. The van der Waals surface area contributed by atoms with Gasteiger partial charge in [0.05, 0.1) is 7.11 Å². The normalized spacial score (nSPS) is 11.7. The van der Waals surface area contributed by atoms with E-state index in [9.17, 15) is 0 Å². The van der Waals surface area contributed by atoms with Gasteiger partial charge in [-0.15, -0.1) is 6.58 Å². The Kier molecular flexibility index (Phi) is 5.41. The minimum atomic E-state index is -0.0764. The lowest BCUT2D eigenvalue weighted by molar-refractivity contribution is 0.284. The van der Waals surface area contributed by atoms with Crippen LogP contribution in [-0.4, -0.2) is 7.11 Å². The quantitative estimate of drug-likeness (QED) is 0.785. The summed E-state index contributed by atoms with van der Waals surface area (Å²) in [6, 6.07) is 15.7. The molecule has 0 aliphatic heterocycles. The molecule has 0 unspecified atom stereocenters. The van der Waals surface area contributed by atoms with Crippen LogP contribution < -0.4 is 15.2 Å². The third-order valence-corrected chi connectivity index (χ3v) is 3.27. The fraction of sp³-hybridized carbons (Fsp3) is 0.222. The van der Waals surface area contributed by atoms with Crippen LogP contribution in [0.25, 0.3) is 0 Å². The number of benzene rings is 2. The number of ether oxygens (including phenoxy) is 2. The summed E-state index contributed by atoms with van der Waals surface area (Å²) in [7, 11) is 1.63. The molecule has 0 fully saturated rings. The van der Waals surface area contributed by atoms with Crippen LogP contribution in [0.3, 0.4) is 0 Å². The van der Waals surface area contributed by atoms with Crippen molar-refractivity contribution in [2.45, 2.75) is 19.1 Å². The molecule has 110 valence electrons. The Bertz CT molecular complexity index is 581. The Hall–Kier alpha value is -2.26. The minimum absolute atomic E-state index is 0.0764. The van der Waals surface area contributed by atoms with E-state index >= 15 is 0 Å². The predicted molar refractivity (Wildman–Crippen MR) is 85.5 cm³/mol. The lowest BCUT2D eigenvalue weighted by Crippen LogP contribution is -2.09. The second-order valence-corrected chi connectivity index (χ2v) is 4.82.